The van der Waals surface area contributed by atoms with E-state index < -0.39 is 6.04 Å². The monoisotopic (exact) mass is 406 g/mol. The van der Waals surface area contributed by atoms with Gasteiger partial charge in [-0.1, -0.05) is 84.4 Å². The number of carbonyl (C=O) groups is 2. The number of nitrogens with zero attached hydrogens (tertiary/aromatic N) is 1. The summed E-state index contributed by atoms with van der Waals surface area (Å²) < 4.78 is 0. The zero-order chi connectivity index (χ0) is 20.6. The second-order valence-electron chi connectivity index (χ2n) is 6.79. The topological polar surface area (TPSA) is 49.4 Å². The molecule has 3 aromatic rings. The van der Waals surface area contributed by atoms with Gasteiger partial charge in [-0.05, 0) is 28.8 Å². The summed E-state index contributed by atoms with van der Waals surface area (Å²) in [5.74, 6) is -0.395. The zero-order valence-corrected chi connectivity index (χ0v) is 17.0. The summed E-state index contributed by atoms with van der Waals surface area (Å²) in [5, 5.41) is 3.60. The maximum absolute atomic E-state index is 13.2. The fourth-order valence-corrected chi connectivity index (χ4v) is 3.29. The highest BCUT2D eigenvalue weighted by Crippen LogP contribution is 2.24. The zero-order valence-electron chi connectivity index (χ0n) is 16.2. The number of amides is 2. The van der Waals surface area contributed by atoms with Gasteiger partial charge in [0.25, 0.3) is 0 Å². The van der Waals surface area contributed by atoms with Crippen molar-refractivity contribution in [2.75, 3.05) is 0 Å². The van der Waals surface area contributed by atoms with Gasteiger partial charge in [-0.25, -0.2) is 0 Å². The minimum atomic E-state index is -0.729. The number of halogens is 1. The summed E-state index contributed by atoms with van der Waals surface area (Å²) in [6.07, 6.45) is 0. The van der Waals surface area contributed by atoms with Gasteiger partial charge >= 0.3 is 0 Å². The first-order chi connectivity index (χ1) is 14.0. The summed E-state index contributed by atoms with van der Waals surface area (Å²) in [5.41, 5.74) is 2.67. The van der Waals surface area contributed by atoms with Crippen LogP contribution in [0.4, 0.5) is 0 Å². The van der Waals surface area contributed by atoms with E-state index in [9.17, 15) is 9.59 Å². The van der Waals surface area contributed by atoms with Gasteiger partial charge < -0.3 is 10.2 Å². The van der Waals surface area contributed by atoms with Crippen LogP contribution in [0, 0.1) is 0 Å². The lowest BCUT2D eigenvalue weighted by Crippen LogP contribution is -2.42. The smallest absolute Gasteiger partial charge is 0.247 e. The maximum Gasteiger partial charge on any atom is 0.247 e. The number of hydrogen-bond acceptors (Lipinski definition) is 2. The highest BCUT2D eigenvalue weighted by Gasteiger charge is 2.29. The molecule has 1 atom stereocenters. The standard InChI is InChI=1S/C24H23ClN2O2/c1-18(28)27(17-20-12-14-22(25)15-13-20)23(21-10-6-3-7-11-21)24(29)26-16-19-8-4-2-5-9-19/h2-15,23H,16-17H2,1H3,(H,26,29)/t23-/m1/s1. The van der Waals surface area contributed by atoms with Crippen LogP contribution in [0.5, 0.6) is 0 Å². The van der Waals surface area contributed by atoms with Crippen LogP contribution < -0.4 is 5.32 Å². The molecule has 2 amide bonds. The predicted octanol–water partition coefficient (Wildman–Crippen LogP) is 4.75. The Morgan fingerprint density at radius 1 is 0.862 bits per heavy atom. The fourth-order valence-electron chi connectivity index (χ4n) is 3.16. The largest absolute Gasteiger partial charge is 0.350 e. The second kappa shape index (κ2) is 9.89. The van der Waals surface area contributed by atoms with Crippen LogP contribution in [-0.2, 0) is 22.7 Å². The molecular weight excluding hydrogens is 384 g/mol. The van der Waals surface area contributed by atoms with Gasteiger partial charge in [0.05, 0.1) is 0 Å². The Hall–Kier alpha value is -3.11. The quantitative estimate of drug-likeness (QED) is 0.615. The number of benzene rings is 3. The molecule has 0 spiro atoms. The summed E-state index contributed by atoms with van der Waals surface area (Å²) in [7, 11) is 0. The van der Waals surface area contributed by atoms with Gasteiger partial charge in [-0.2, -0.15) is 0 Å². The van der Waals surface area contributed by atoms with E-state index >= 15 is 0 Å². The Morgan fingerprint density at radius 2 is 1.45 bits per heavy atom. The highest BCUT2D eigenvalue weighted by molar-refractivity contribution is 6.30. The molecule has 0 unspecified atom stereocenters. The molecule has 0 aliphatic rings. The van der Waals surface area contributed by atoms with Crippen molar-refractivity contribution in [1.29, 1.82) is 0 Å². The Labute approximate surface area is 176 Å². The Kier molecular flexibility index (Phi) is 7.04. The summed E-state index contributed by atoms with van der Waals surface area (Å²) in [6.45, 7) is 2.19. The van der Waals surface area contributed by atoms with Crippen molar-refractivity contribution in [2.45, 2.75) is 26.1 Å². The summed E-state index contributed by atoms with van der Waals surface area (Å²) in [4.78, 5) is 27.3. The molecule has 0 aliphatic heterocycles. The number of carbonyl (C=O) groups excluding carboxylic acids is 2. The normalized spacial score (nSPS) is 11.5. The molecule has 0 saturated heterocycles. The third-order valence-electron chi connectivity index (χ3n) is 4.66. The molecule has 0 aliphatic carbocycles. The van der Waals surface area contributed by atoms with E-state index in [4.69, 9.17) is 11.6 Å². The predicted molar refractivity (Wildman–Crippen MR) is 115 cm³/mol. The number of hydrogen-bond donors (Lipinski definition) is 1. The van der Waals surface area contributed by atoms with Crippen molar-refractivity contribution in [1.82, 2.24) is 10.2 Å². The third-order valence-corrected chi connectivity index (χ3v) is 4.91. The first-order valence-corrected chi connectivity index (χ1v) is 9.80. The second-order valence-corrected chi connectivity index (χ2v) is 7.23. The van der Waals surface area contributed by atoms with Crippen LogP contribution in [0.15, 0.2) is 84.9 Å². The third kappa shape index (κ3) is 5.69. The van der Waals surface area contributed by atoms with Crippen molar-refractivity contribution in [3.8, 4) is 0 Å². The molecule has 3 aromatic carbocycles. The summed E-state index contributed by atoms with van der Waals surface area (Å²) >= 11 is 5.97. The average Bonchev–Trinajstić information content (AvgIpc) is 2.74. The lowest BCUT2D eigenvalue weighted by Gasteiger charge is -2.30. The first kappa shape index (κ1) is 20.6. The van der Waals surface area contributed by atoms with Crippen LogP contribution >= 0.6 is 11.6 Å². The van der Waals surface area contributed by atoms with Crippen molar-refractivity contribution in [3.05, 3.63) is 107 Å². The van der Waals surface area contributed by atoms with Crippen LogP contribution in [-0.4, -0.2) is 16.7 Å². The van der Waals surface area contributed by atoms with Crippen molar-refractivity contribution in [2.24, 2.45) is 0 Å². The van der Waals surface area contributed by atoms with Crippen LogP contribution in [0.3, 0.4) is 0 Å². The molecule has 148 valence electrons. The van der Waals surface area contributed by atoms with Crippen molar-refractivity contribution >= 4 is 23.4 Å². The first-order valence-electron chi connectivity index (χ1n) is 9.43. The molecule has 0 heterocycles. The van der Waals surface area contributed by atoms with Gasteiger partial charge in [0, 0.05) is 25.0 Å². The van der Waals surface area contributed by atoms with Gasteiger partial charge in [0.2, 0.25) is 11.8 Å². The Bertz CT molecular complexity index is 944. The molecule has 0 fully saturated rings. The fraction of sp³-hybridized carbons (Fsp3) is 0.167. The molecule has 5 heteroatoms. The Morgan fingerprint density at radius 3 is 2.03 bits per heavy atom. The molecule has 0 aromatic heterocycles. The van der Waals surface area contributed by atoms with E-state index in [1.165, 1.54) is 6.92 Å². The van der Waals surface area contributed by atoms with Crippen LogP contribution in [0.25, 0.3) is 0 Å². The van der Waals surface area contributed by atoms with Gasteiger partial charge in [-0.15, -0.1) is 0 Å². The van der Waals surface area contributed by atoms with E-state index in [0.717, 1.165) is 16.7 Å². The molecule has 0 saturated carbocycles. The van der Waals surface area contributed by atoms with E-state index in [2.05, 4.69) is 5.32 Å². The lowest BCUT2D eigenvalue weighted by molar-refractivity contribution is -0.140. The molecule has 4 nitrogen and oxygen atoms in total. The molecule has 0 bridgehead atoms. The van der Waals surface area contributed by atoms with Crippen molar-refractivity contribution < 1.29 is 9.59 Å². The molecule has 1 N–H and O–H groups in total. The highest BCUT2D eigenvalue weighted by atomic mass is 35.5. The molecule has 29 heavy (non-hydrogen) atoms. The average molecular weight is 407 g/mol. The Balaban J connectivity index is 1.86. The van der Waals surface area contributed by atoms with E-state index in [1.807, 2.05) is 72.8 Å². The van der Waals surface area contributed by atoms with Crippen molar-refractivity contribution in [3.63, 3.8) is 0 Å². The maximum atomic E-state index is 13.2. The number of rotatable bonds is 7. The molecular formula is C24H23ClN2O2. The van der Waals surface area contributed by atoms with Gasteiger partial charge in [0.15, 0.2) is 0 Å². The minimum Gasteiger partial charge on any atom is -0.350 e. The van der Waals surface area contributed by atoms with Gasteiger partial charge in [-0.3, -0.25) is 9.59 Å². The van der Waals surface area contributed by atoms with E-state index in [-0.39, 0.29) is 11.8 Å². The SMILES string of the molecule is CC(=O)N(Cc1ccc(Cl)cc1)[C@@H](C(=O)NCc1ccccc1)c1ccccc1. The van der Waals surface area contributed by atoms with Crippen LogP contribution in [0.2, 0.25) is 5.02 Å². The lowest BCUT2D eigenvalue weighted by atomic mass is 10.0. The summed E-state index contributed by atoms with van der Waals surface area (Å²) in [6, 6.07) is 25.6. The molecule has 0 radical (unpaired) electrons. The number of nitrogens with one attached hydrogen (secondary N) is 1. The van der Waals surface area contributed by atoms with E-state index in [0.29, 0.717) is 18.1 Å². The van der Waals surface area contributed by atoms with E-state index in [1.54, 1.807) is 17.0 Å². The van der Waals surface area contributed by atoms with Gasteiger partial charge in [0.1, 0.15) is 6.04 Å². The minimum absolute atomic E-state index is 0.177. The molecule has 3 rings (SSSR count). The van der Waals surface area contributed by atoms with Crippen LogP contribution in [0.1, 0.15) is 29.7 Å².